The molecule has 1 aliphatic carbocycles. The van der Waals surface area contributed by atoms with Crippen LogP contribution in [0.4, 0.5) is 0 Å². The van der Waals surface area contributed by atoms with E-state index in [1.807, 2.05) is 6.07 Å². The molecule has 27 heavy (non-hydrogen) atoms. The maximum Gasteiger partial charge on any atom is 0.243 e. The molecule has 1 aliphatic rings. The quantitative estimate of drug-likeness (QED) is 0.349. The van der Waals surface area contributed by atoms with Gasteiger partial charge in [-0.3, -0.25) is 4.79 Å². The van der Waals surface area contributed by atoms with Crippen LogP contribution in [0.15, 0.2) is 102 Å². The van der Waals surface area contributed by atoms with Crippen LogP contribution < -0.4 is 4.72 Å². The van der Waals surface area contributed by atoms with Gasteiger partial charge in [0.05, 0.1) is 4.90 Å². The zero-order valence-electron chi connectivity index (χ0n) is 14.4. The van der Waals surface area contributed by atoms with E-state index in [1.165, 1.54) is 30.4 Å². The number of hydrogen-bond acceptors (Lipinski definition) is 4. The first-order valence-corrected chi connectivity index (χ1v) is 9.84. The number of ketones is 1. The van der Waals surface area contributed by atoms with Gasteiger partial charge in [0.25, 0.3) is 0 Å². The Morgan fingerprint density at radius 3 is 2.11 bits per heavy atom. The summed E-state index contributed by atoms with van der Waals surface area (Å²) >= 11 is 0. The minimum Gasteiger partial charge on any atom is -0.368 e. The number of rotatable bonds is 6. The molecule has 0 saturated heterocycles. The number of hydrogen-bond donors (Lipinski definition) is 2. The predicted molar refractivity (Wildman–Crippen MR) is 103 cm³/mol. The fourth-order valence-electron chi connectivity index (χ4n) is 2.60. The Morgan fingerprint density at radius 1 is 0.963 bits per heavy atom. The fraction of sp³-hybridized carbons (Fsp3) is 0.0952. The summed E-state index contributed by atoms with van der Waals surface area (Å²) < 4.78 is 27.0. The van der Waals surface area contributed by atoms with Crippen LogP contribution in [0.25, 0.3) is 0 Å². The molecule has 5 nitrogen and oxygen atoms in total. The fourth-order valence-corrected chi connectivity index (χ4v) is 3.80. The Bertz CT molecular complexity index is 979. The van der Waals surface area contributed by atoms with Gasteiger partial charge in [0, 0.05) is 11.5 Å². The number of sulfonamides is 1. The average Bonchev–Trinajstić information content (AvgIpc) is 2.68. The van der Waals surface area contributed by atoms with Gasteiger partial charge < -0.3 is 5.11 Å². The molecule has 0 spiro atoms. The Kier molecular flexibility index (Phi) is 5.51. The number of allylic oxidation sites excluding steroid dienone is 4. The molecular formula is C21H19NO4S. The molecule has 0 bridgehead atoms. The van der Waals surface area contributed by atoms with E-state index in [2.05, 4.69) is 4.72 Å². The molecule has 3 rings (SSSR count). The van der Waals surface area contributed by atoms with Crippen molar-refractivity contribution in [3.05, 3.63) is 103 Å². The molecular weight excluding hydrogens is 362 g/mol. The van der Waals surface area contributed by atoms with Crippen molar-refractivity contribution in [2.75, 3.05) is 0 Å². The van der Waals surface area contributed by atoms with Crippen LogP contribution in [0, 0.1) is 5.92 Å². The Hall–Kier alpha value is -2.80. The van der Waals surface area contributed by atoms with Crippen molar-refractivity contribution in [3.8, 4) is 0 Å². The summed E-state index contributed by atoms with van der Waals surface area (Å²) in [6, 6.07) is 16.7. The molecule has 0 atom stereocenters. The van der Waals surface area contributed by atoms with Crippen LogP contribution in [0.1, 0.15) is 10.4 Å². The van der Waals surface area contributed by atoms with E-state index in [1.54, 1.807) is 60.7 Å². The van der Waals surface area contributed by atoms with Gasteiger partial charge >= 0.3 is 0 Å². The van der Waals surface area contributed by atoms with Crippen molar-refractivity contribution in [2.45, 2.75) is 10.6 Å². The van der Waals surface area contributed by atoms with Gasteiger partial charge in [0.2, 0.25) is 10.0 Å². The molecule has 2 aromatic carbocycles. The lowest BCUT2D eigenvalue weighted by Gasteiger charge is -2.25. The van der Waals surface area contributed by atoms with Crippen molar-refractivity contribution in [3.63, 3.8) is 0 Å². The van der Waals surface area contributed by atoms with Crippen molar-refractivity contribution in [1.82, 2.24) is 4.72 Å². The standard InChI is InChI=1S/C21H19NO4S/c23-20(18-7-3-1-4-8-18)12-11-17-13-15-21(24,16-14-17)22-27(25,26)19-9-5-2-6-10-19/h1-17,22,24H/b12-11+. The Balaban J connectivity index is 1.66. The molecule has 0 aromatic heterocycles. The molecule has 138 valence electrons. The lowest BCUT2D eigenvalue weighted by molar-refractivity contribution is 0.104. The van der Waals surface area contributed by atoms with Crippen LogP contribution in [-0.2, 0) is 10.0 Å². The zero-order valence-corrected chi connectivity index (χ0v) is 15.2. The first kappa shape index (κ1) is 19.0. The second-order valence-electron chi connectivity index (χ2n) is 6.13. The van der Waals surface area contributed by atoms with Crippen LogP contribution in [0.3, 0.4) is 0 Å². The van der Waals surface area contributed by atoms with Crippen LogP contribution >= 0.6 is 0 Å². The third kappa shape index (κ3) is 4.89. The smallest absolute Gasteiger partial charge is 0.243 e. The van der Waals surface area contributed by atoms with Gasteiger partial charge in [-0.2, -0.15) is 4.72 Å². The Labute approximate surface area is 158 Å². The molecule has 0 fully saturated rings. The molecule has 2 N–H and O–H groups in total. The van der Waals surface area contributed by atoms with Crippen LogP contribution in [0.2, 0.25) is 0 Å². The highest BCUT2D eigenvalue weighted by atomic mass is 32.2. The lowest BCUT2D eigenvalue weighted by atomic mass is 9.97. The highest BCUT2D eigenvalue weighted by Crippen LogP contribution is 2.20. The predicted octanol–water partition coefficient (Wildman–Crippen LogP) is 2.83. The number of carbonyl (C=O) groups is 1. The lowest BCUT2D eigenvalue weighted by Crippen LogP contribution is -2.46. The molecule has 0 saturated carbocycles. The molecule has 0 aliphatic heterocycles. The van der Waals surface area contributed by atoms with E-state index >= 15 is 0 Å². The first-order chi connectivity index (χ1) is 12.9. The molecule has 0 unspecified atom stereocenters. The minimum atomic E-state index is -3.87. The summed E-state index contributed by atoms with van der Waals surface area (Å²) in [6.07, 6.45) is 9.12. The summed E-state index contributed by atoms with van der Waals surface area (Å²) in [4.78, 5) is 12.1. The molecule has 0 amide bonds. The number of benzene rings is 2. The van der Waals surface area contributed by atoms with Crippen molar-refractivity contribution in [2.24, 2.45) is 5.92 Å². The molecule has 0 radical (unpaired) electrons. The van der Waals surface area contributed by atoms with Crippen molar-refractivity contribution in [1.29, 1.82) is 0 Å². The van der Waals surface area contributed by atoms with E-state index < -0.39 is 15.7 Å². The van der Waals surface area contributed by atoms with E-state index in [9.17, 15) is 18.3 Å². The first-order valence-electron chi connectivity index (χ1n) is 8.36. The van der Waals surface area contributed by atoms with E-state index in [-0.39, 0.29) is 16.6 Å². The second kappa shape index (κ2) is 7.84. The highest BCUT2D eigenvalue weighted by molar-refractivity contribution is 7.89. The normalized spacial score (nSPS) is 22.2. The van der Waals surface area contributed by atoms with Gasteiger partial charge in [-0.05, 0) is 30.4 Å². The Morgan fingerprint density at radius 2 is 1.52 bits per heavy atom. The van der Waals surface area contributed by atoms with Gasteiger partial charge in [0.15, 0.2) is 11.5 Å². The van der Waals surface area contributed by atoms with E-state index in [0.29, 0.717) is 5.56 Å². The zero-order chi connectivity index (χ0) is 19.3. The van der Waals surface area contributed by atoms with Gasteiger partial charge in [-0.1, -0.05) is 66.8 Å². The van der Waals surface area contributed by atoms with Crippen LogP contribution in [0.5, 0.6) is 0 Å². The largest absolute Gasteiger partial charge is 0.368 e. The number of nitrogens with one attached hydrogen (secondary N) is 1. The van der Waals surface area contributed by atoms with E-state index in [0.717, 1.165) is 0 Å². The summed E-state index contributed by atoms with van der Waals surface area (Å²) in [7, 11) is -3.87. The monoisotopic (exact) mass is 381 g/mol. The molecule has 0 heterocycles. The molecule has 2 aromatic rings. The van der Waals surface area contributed by atoms with Crippen LogP contribution in [-0.4, -0.2) is 25.0 Å². The van der Waals surface area contributed by atoms with Crippen molar-refractivity contribution >= 4 is 15.8 Å². The average molecular weight is 381 g/mol. The number of carbonyl (C=O) groups excluding carboxylic acids is 1. The second-order valence-corrected chi connectivity index (χ2v) is 7.81. The maximum absolute atomic E-state index is 12.4. The summed E-state index contributed by atoms with van der Waals surface area (Å²) in [5.74, 6) is -0.345. The maximum atomic E-state index is 12.4. The SMILES string of the molecule is O=C(/C=C/C1C=CC(O)(NS(=O)(=O)c2ccccc2)C=C1)c1ccccc1. The summed E-state index contributed by atoms with van der Waals surface area (Å²) in [5.41, 5.74) is -1.23. The van der Waals surface area contributed by atoms with Gasteiger partial charge in [-0.15, -0.1) is 0 Å². The number of aliphatic hydroxyl groups is 1. The highest BCUT2D eigenvalue weighted by Gasteiger charge is 2.29. The summed E-state index contributed by atoms with van der Waals surface area (Å²) in [6.45, 7) is 0. The summed E-state index contributed by atoms with van der Waals surface area (Å²) in [5, 5.41) is 10.5. The third-order valence-electron chi connectivity index (χ3n) is 4.02. The van der Waals surface area contributed by atoms with Gasteiger partial charge in [-0.25, -0.2) is 8.42 Å². The topological polar surface area (TPSA) is 83.5 Å². The minimum absolute atomic E-state index is 0.0655. The van der Waals surface area contributed by atoms with Gasteiger partial charge in [0.1, 0.15) is 0 Å². The van der Waals surface area contributed by atoms with E-state index in [4.69, 9.17) is 0 Å². The van der Waals surface area contributed by atoms with Crippen molar-refractivity contribution < 1.29 is 18.3 Å². The third-order valence-corrected chi connectivity index (χ3v) is 5.51. The molecule has 6 heteroatoms.